The minimum atomic E-state index is 0.605. The van der Waals surface area contributed by atoms with Crippen LogP contribution in [0.5, 0.6) is 5.75 Å². The quantitative estimate of drug-likeness (QED) is 0.766. The molecule has 0 aromatic heterocycles. The predicted octanol–water partition coefficient (Wildman–Crippen LogP) is 2.43. The van der Waals surface area contributed by atoms with Gasteiger partial charge in [0.25, 0.3) is 0 Å². The van der Waals surface area contributed by atoms with Gasteiger partial charge >= 0.3 is 0 Å². The topological polar surface area (TPSA) is 30.5 Å². The first kappa shape index (κ1) is 14.4. The maximum absolute atomic E-state index is 5.86. The van der Waals surface area contributed by atoms with Crippen LogP contribution in [0.1, 0.15) is 24.5 Å². The fourth-order valence-electron chi connectivity index (χ4n) is 2.59. The van der Waals surface area contributed by atoms with E-state index in [-0.39, 0.29) is 0 Å². The van der Waals surface area contributed by atoms with Gasteiger partial charge in [-0.15, -0.1) is 0 Å². The van der Waals surface area contributed by atoms with Crippen LogP contribution in [-0.2, 0) is 17.6 Å². The van der Waals surface area contributed by atoms with Crippen molar-refractivity contribution in [1.82, 2.24) is 5.32 Å². The molecule has 3 nitrogen and oxygen atoms in total. The summed E-state index contributed by atoms with van der Waals surface area (Å²) in [5.74, 6) is 1.76. The third kappa shape index (κ3) is 4.22. The molecular weight excluding hydrogens is 238 g/mol. The Morgan fingerprint density at radius 3 is 3.16 bits per heavy atom. The molecule has 0 bridgehead atoms. The molecule has 1 atom stereocenters. The molecule has 1 N–H and O–H groups in total. The largest absolute Gasteiger partial charge is 0.493 e. The van der Waals surface area contributed by atoms with E-state index in [0.717, 1.165) is 51.3 Å². The number of aryl methyl sites for hydroxylation is 1. The second-order valence-corrected chi connectivity index (χ2v) is 5.36. The molecule has 2 rings (SSSR count). The highest BCUT2D eigenvalue weighted by Gasteiger charge is 2.15. The summed E-state index contributed by atoms with van der Waals surface area (Å²) in [6, 6.07) is 6.56. The summed E-state index contributed by atoms with van der Waals surface area (Å²) in [4.78, 5) is 0. The van der Waals surface area contributed by atoms with Gasteiger partial charge in [0.2, 0.25) is 0 Å². The molecule has 1 aromatic rings. The summed E-state index contributed by atoms with van der Waals surface area (Å²) in [6.07, 6.45) is 3.37. The third-order valence-corrected chi connectivity index (χ3v) is 3.56. The first-order valence-electron chi connectivity index (χ1n) is 7.24. The number of hydrogen-bond donors (Lipinski definition) is 1. The van der Waals surface area contributed by atoms with Gasteiger partial charge in [-0.05, 0) is 42.9 Å². The average Bonchev–Trinajstić information content (AvgIpc) is 2.44. The van der Waals surface area contributed by atoms with Gasteiger partial charge in [-0.3, -0.25) is 0 Å². The van der Waals surface area contributed by atoms with Crippen molar-refractivity contribution in [3.63, 3.8) is 0 Å². The van der Waals surface area contributed by atoms with E-state index in [4.69, 9.17) is 9.47 Å². The number of ether oxygens (including phenoxy) is 2. The van der Waals surface area contributed by atoms with Crippen molar-refractivity contribution in [1.29, 1.82) is 0 Å². The first-order chi connectivity index (χ1) is 9.31. The van der Waals surface area contributed by atoms with E-state index in [0.29, 0.717) is 5.92 Å². The predicted molar refractivity (Wildman–Crippen MR) is 77.9 cm³/mol. The minimum absolute atomic E-state index is 0.605. The van der Waals surface area contributed by atoms with Crippen molar-refractivity contribution in [2.75, 3.05) is 33.4 Å². The third-order valence-electron chi connectivity index (χ3n) is 3.56. The lowest BCUT2D eigenvalue weighted by molar-refractivity contribution is 0.198. The highest BCUT2D eigenvalue weighted by atomic mass is 16.5. The smallest absolute Gasteiger partial charge is 0.125 e. The Morgan fingerprint density at radius 2 is 2.32 bits per heavy atom. The fourth-order valence-corrected chi connectivity index (χ4v) is 2.59. The number of nitrogens with one attached hydrogen (secondary N) is 1. The van der Waals surface area contributed by atoms with Crippen LogP contribution in [0.25, 0.3) is 0 Å². The van der Waals surface area contributed by atoms with Gasteiger partial charge in [-0.1, -0.05) is 25.1 Å². The van der Waals surface area contributed by atoms with Crippen LogP contribution in [0.3, 0.4) is 0 Å². The molecule has 0 spiro atoms. The Morgan fingerprint density at radius 1 is 1.42 bits per heavy atom. The minimum Gasteiger partial charge on any atom is -0.493 e. The lowest BCUT2D eigenvalue weighted by atomic mass is 9.95. The van der Waals surface area contributed by atoms with Crippen molar-refractivity contribution < 1.29 is 9.47 Å². The van der Waals surface area contributed by atoms with E-state index < -0.39 is 0 Å². The van der Waals surface area contributed by atoms with E-state index in [9.17, 15) is 0 Å². The van der Waals surface area contributed by atoms with Gasteiger partial charge in [0, 0.05) is 13.7 Å². The second-order valence-electron chi connectivity index (χ2n) is 5.36. The molecular formula is C16H25NO2. The molecule has 3 heteroatoms. The normalized spacial score (nSPS) is 15.7. The van der Waals surface area contributed by atoms with Crippen molar-refractivity contribution in [2.24, 2.45) is 5.92 Å². The number of methoxy groups -OCH3 is 1. The number of para-hydroxylation sites is 1. The van der Waals surface area contributed by atoms with Crippen molar-refractivity contribution in [3.8, 4) is 5.75 Å². The van der Waals surface area contributed by atoms with Gasteiger partial charge in [-0.2, -0.15) is 0 Å². The molecule has 1 aromatic carbocycles. The molecule has 1 unspecified atom stereocenters. The van der Waals surface area contributed by atoms with Crippen LogP contribution in [-0.4, -0.2) is 33.4 Å². The molecule has 0 amide bonds. The highest BCUT2D eigenvalue weighted by Crippen LogP contribution is 2.30. The van der Waals surface area contributed by atoms with E-state index in [2.05, 4.69) is 30.4 Å². The number of rotatable bonds is 7. The van der Waals surface area contributed by atoms with Crippen LogP contribution in [0.4, 0.5) is 0 Å². The average molecular weight is 263 g/mol. The Kier molecular flexibility index (Phi) is 5.67. The molecule has 1 aliphatic heterocycles. The van der Waals surface area contributed by atoms with Crippen LogP contribution in [0, 0.1) is 5.92 Å². The highest BCUT2D eigenvalue weighted by molar-refractivity contribution is 5.43. The van der Waals surface area contributed by atoms with Crippen LogP contribution < -0.4 is 10.1 Å². The second kappa shape index (κ2) is 7.51. The Labute approximate surface area is 116 Å². The molecule has 0 aliphatic carbocycles. The summed E-state index contributed by atoms with van der Waals surface area (Å²) in [7, 11) is 1.73. The molecule has 0 fully saturated rings. The van der Waals surface area contributed by atoms with Gasteiger partial charge in [0.05, 0.1) is 13.2 Å². The lowest BCUT2D eigenvalue weighted by Crippen LogP contribution is -2.26. The summed E-state index contributed by atoms with van der Waals surface area (Å²) in [5.41, 5.74) is 2.74. The molecule has 19 heavy (non-hydrogen) atoms. The zero-order valence-corrected chi connectivity index (χ0v) is 12.1. The van der Waals surface area contributed by atoms with Crippen LogP contribution >= 0.6 is 0 Å². The van der Waals surface area contributed by atoms with Gasteiger partial charge < -0.3 is 14.8 Å². The Hall–Kier alpha value is -1.06. The molecule has 0 saturated heterocycles. The summed E-state index contributed by atoms with van der Waals surface area (Å²) < 4.78 is 10.9. The Balaban J connectivity index is 1.88. The first-order valence-corrected chi connectivity index (χ1v) is 7.24. The van der Waals surface area contributed by atoms with Crippen molar-refractivity contribution in [2.45, 2.75) is 26.2 Å². The van der Waals surface area contributed by atoms with E-state index >= 15 is 0 Å². The summed E-state index contributed by atoms with van der Waals surface area (Å²) in [5, 5.41) is 3.42. The molecule has 0 radical (unpaired) electrons. The maximum Gasteiger partial charge on any atom is 0.125 e. The zero-order valence-electron chi connectivity index (χ0n) is 12.1. The van der Waals surface area contributed by atoms with Crippen molar-refractivity contribution in [3.05, 3.63) is 29.3 Å². The van der Waals surface area contributed by atoms with Gasteiger partial charge in [-0.25, -0.2) is 0 Å². The fraction of sp³-hybridized carbons (Fsp3) is 0.625. The number of fused-ring (bicyclic) bond motifs is 1. The van der Waals surface area contributed by atoms with Crippen molar-refractivity contribution >= 4 is 0 Å². The standard InChI is InChI=1S/C16H25NO2/c1-13(12-17-8-10-18-2)11-15-6-3-5-14-7-4-9-19-16(14)15/h3,5-6,13,17H,4,7-12H2,1-2H3. The van der Waals surface area contributed by atoms with Crippen LogP contribution in [0.2, 0.25) is 0 Å². The number of hydrogen-bond acceptors (Lipinski definition) is 3. The molecule has 1 aliphatic rings. The van der Waals surface area contributed by atoms with E-state index in [1.54, 1.807) is 7.11 Å². The summed E-state index contributed by atoms with van der Waals surface area (Å²) in [6.45, 7) is 5.86. The molecule has 1 heterocycles. The van der Waals surface area contributed by atoms with E-state index in [1.807, 2.05) is 0 Å². The zero-order chi connectivity index (χ0) is 13.5. The monoisotopic (exact) mass is 263 g/mol. The number of benzene rings is 1. The van der Waals surface area contributed by atoms with Gasteiger partial charge in [0.1, 0.15) is 5.75 Å². The molecule has 0 saturated carbocycles. The maximum atomic E-state index is 5.86. The Bertz CT molecular complexity index is 392. The lowest BCUT2D eigenvalue weighted by Gasteiger charge is -2.22. The molecule has 106 valence electrons. The van der Waals surface area contributed by atoms with Crippen LogP contribution in [0.15, 0.2) is 18.2 Å². The van der Waals surface area contributed by atoms with E-state index in [1.165, 1.54) is 11.1 Å². The summed E-state index contributed by atoms with van der Waals surface area (Å²) >= 11 is 0. The van der Waals surface area contributed by atoms with Gasteiger partial charge in [0.15, 0.2) is 0 Å². The SMILES string of the molecule is COCCNCC(C)Cc1cccc2c1OCCC2.